The average molecular weight is 244 g/mol. The van der Waals surface area contributed by atoms with Gasteiger partial charge in [-0.3, -0.25) is 4.90 Å². The first kappa shape index (κ1) is 12.2. The lowest BCUT2D eigenvalue weighted by molar-refractivity contribution is 0.135. The Morgan fingerprint density at radius 3 is 2.56 bits per heavy atom. The normalized spacial score (nSPS) is 25.3. The van der Waals surface area contributed by atoms with Gasteiger partial charge in [-0.25, -0.2) is 0 Å². The van der Waals surface area contributed by atoms with Crippen molar-refractivity contribution in [2.75, 3.05) is 19.6 Å². The Bertz CT molecular complexity index is 381. The van der Waals surface area contributed by atoms with Crippen molar-refractivity contribution in [3.05, 3.63) is 35.4 Å². The summed E-state index contributed by atoms with van der Waals surface area (Å²) >= 11 is 0. The van der Waals surface area contributed by atoms with Crippen LogP contribution >= 0.6 is 0 Å². The molecule has 1 heterocycles. The molecule has 0 aromatic heterocycles. The fourth-order valence-electron chi connectivity index (χ4n) is 3.02. The number of piperazine rings is 1. The molecule has 1 aliphatic carbocycles. The zero-order chi connectivity index (χ0) is 12.4. The highest BCUT2D eigenvalue weighted by Crippen LogP contribution is 2.36. The SMILES string of the molecule is CCc1ccc(CN2CCNCC2C2CC2)cc1. The van der Waals surface area contributed by atoms with Gasteiger partial charge in [0.2, 0.25) is 0 Å². The van der Waals surface area contributed by atoms with Gasteiger partial charge in [0.25, 0.3) is 0 Å². The summed E-state index contributed by atoms with van der Waals surface area (Å²) in [5.41, 5.74) is 2.91. The Hall–Kier alpha value is -0.860. The molecule has 2 fully saturated rings. The van der Waals surface area contributed by atoms with Crippen molar-refractivity contribution in [3.63, 3.8) is 0 Å². The lowest BCUT2D eigenvalue weighted by atomic mass is 10.1. The van der Waals surface area contributed by atoms with E-state index >= 15 is 0 Å². The van der Waals surface area contributed by atoms with Crippen LogP contribution in [-0.2, 0) is 13.0 Å². The molecule has 1 aromatic carbocycles. The number of aryl methyl sites for hydroxylation is 1. The lowest BCUT2D eigenvalue weighted by Gasteiger charge is -2.36. The molecule has 1 aliphatic heterocycles. The van der Waals surface area contributed by atoms with E-state index in [1.807, 2.05) is 0 Å². The number of hydrogen-bond acceptors (Lipinski definition) is 2. The zero-order valence-electron chi connectivity index (χ0n) is 11.4. The second kappa shape index (κ2) is 5.41. The fourth-order valence-corrected chi connectivity index (χ4v) is 3.02. The maximum Gasteiger partial charge on any atom is 0.0252 e. The van der Waals surface area contributed by atoms with Crippen molar-refractivity contribution in [1.29, 1.82) is 0 Å². The Morgan fingerprint density at radius 2 is 1.89 bits per heavy atom. The van der Waals surface area contributed by atoms with Gasteiger partial charge in [-0.15, -0.1) is 0 Å². The average Bonchev–Trinajstić information content (AvgIpc) is 3.25. The van der Waals surface area contributed by atoms with Gasteiger partial charge in [0.05, 0.1) is 0 Å². The Kier molecular flexibility index (Phi) is 3.67. The predicted molar refractivity (Wildman–Crippen MR) is 75.6 cm³/mol. The minimum atomic E-state index is 0.782. The number of hydrogen-bond donors (Lipinski definition) is 1. The summed E-state index contributed by atoms with van der Waals surface area (Å²) in [6, 6.07) is 9.97. The summed E-state index contributed by atoms with van der Waals surface area (Å²) < 4.78 is 0. The Labute approximate surface area is 110 Å². The van der Waals surface area contributed by atoms with Crippen LogP contribution in [0.15, 0.2) is 24.3 Å². The fraction of sp³-hybridized carbons (Fsp3) is 0.625. The monoisotopic (exact) mass is 244 g/mol. The van der Waals surface area contributed by atoms with E-state index in [1.54, 1.807) is 0 Å². The first-order valence-electron chi connectivity index (χ1n) is 7.39. The molecule has 1 N–H and O–H groups in total. The van der Waals surface area contributed by atoms with Crippen molar-refractivity contribution in [1.82, 2.24) is 10.2 Å². The standard InChI is InChI=1S/C16H24N2/c1-2-13-3-5-14(6-4-13)12-18-10-9-17-11-16(18)15-7-8-15/h3-6,15-17H,2,7-12H2,1H3. The molecular formula is C16H24N2. The summed E-state index contributed by atoms with van der Waals surface area (Å²) in [4.78, 5) is 2.69. The van der Waals surface area contributed by atoms with Crippen molar-refractivity contribution in [2.45, 2.75) is 38.8 Å². The highest BCUT2D eigenvalue weighted by molar-refractivity contribution is 5.22. The molecule has 2 aliphatic rings. The second-order valence-electron chi connectivity index (χ2n) is 5.75. The van der Waals surface area contributed by atoms with Gasteiger partial charge in [0.15, 0.2) is 0 Å². The molecule has 1 unspecified atom stereocenters. The zero-order valence-corrected chi connectivity index (χ0v) is 11.4. The van der Waals surface area contributed by atoms with E-state index in [4.69, 9.17) is 0 Å². The lowest BCUT2D eigenvalue weighted by Crippen LogP contribution is -2.51. The first-order valence-corrected chi connectivity index (χ1v) is 7.39. The van der Waals surface area contributed by atoms with Crippen molar-refractivity contribution >= 4 is 0 Å². The van der Waals surface area contributed by atoms with Gasteiger partial charge >= 0.3 is 0 Å². The topological polar surface area (TPSA) is 15.3 Å². The van der Waals surface area contributed by atoms with Crippen LogP contribution in [0.1, 0.15) is 30.9 Å². The van der Waals surface area contributed by atoms with Crippen LogP contribution in [0.25, 0.3) is 0 Å². The van der Waals surface area contributed by atoms with Crippen molar-refractivity contribution < 1.29 is 0 Å². The van der Waals surface area contributed by atoms with E-state index in [0.29, 0.717) is 0 Å². The highest BCUT2D eigenvalue weighted by atomic mass is 15.2. The van der Waals surface area contributed by atoms with Crippen LogP contribution in [0.2, 0.25) is 0 Å². The van der Waals surface area contributed by atoms with Gasteiger partial charge in [0, 0.05) is 32.2 Å². The van der Waals surface area contributed by atoms with E-state index in [1.165, 1.54) is 37.1 Å². The van der Waals surface area contributed by atoms with E-state index in [2.05, 4.69) is 41.4 Å². The largest absolute Gasteiger partial charge is 0.314 e. The quantitative estimate of drug-likeness (QED) is 0.875. The third-order valence-electron chi connectivity index (χ3n) is 4.38. The van der Waals surface area contributed by atoms with Crippen molar-refractivity contribution in [3.8, 4) is 0 Å². The smallest absolute Gasteiger partial charge is 0.0252 e. The molecule has 1 aromatic rings. The molecule has 1 atom stereocenters. The summed E-state index contributed by atoms with van der Waals surface area (Å²) in [7, 11) is 0. The molecule has 0 bridgehead atoms. The van der Waals surface area contributed by atoms with Crippen LogP contribution in [-0.4, -0.2) is 30.6 Å². The number of benzene rings is 1. The molecule has 3 rings (SSSR count). The molecule has 1 saturated carbocycles. The molecular weight excluding hydrogens is 220 g/mol. The van der Waals surface area contributed by atoms with Crippen LogP contribution in [0, 0.1) is 5.92 Å². The highest BCUT2D eigenvalue weighted by Gasteiger charge is 2.36. The predicted octanol–water partition coefficient (Wildman–Crippen LogP) is 2.43. The Balaban J connectivity index is 1.65. The molecule has 2 heteroatoms. The third kappa shape index (κ3) is 2.76. The second-order valence-corrected chi connectivity index (χ2v) is 5.75. The van der Waals surface area contributed by atoms with Crippen LogP contribution in [0.5, 0.6) is 0 Å². The van der Waals surface area contributed by atoms with Gasteiger partial charge < -0.3 is 5.32 Å². The summed E-state index contributed by atoms with van der Waals surface area (Å²) in [6.07, 6.45) is 4.02. The van der Waals surface area contributed by atoms with Gasteiger partial charge in [-0.2, -0.15) is 0 Å². The van der Waals surface area contributed by atoms with Crippen LogP contribution in [0.4, 0.5) is 0 Å². The summed E-state index contributed by atoms with van der Waals surface area (Å²) in [5, 5.41) is 3.55. The van der Waals surface area contributed by atoms with Gasteiger partial charge in [-0.05, 0) is 36.3 Å². The number of nitrogens with one attached hydrogen (secondary N) is 1. The number of nitrogens with zero attached hydrogens (tertiary/aromatic N) is 1. The molecule has 18 heavy (non-hydrogen) atoms. The molecule has 98 valence electrons. The maximum atomic E-state index is 3.55. The molecule has 0 radical (unpaired) electrons. The Morgan fingerprint density at radius 1 is 1.17 bits per heavy atom. The van der Waals surface area contributed by atoms with E-state index < -0.39 is 0 Å². The van der Waals surface area contributed by atoms with Crippen molar-refractivity contribution in [2.24, 2.45) is 5.92 Å². The van der Waals surface area contributed by atoms with Crippen LogP contribution < -0.4 is 5.32 Å². The first-order chi connectivity index (χ1) is 8.86. The molecule has 1 saturated heterocycles. The molecule has 2 nitrogen and oxygen atoms in total. The molecule has 0 spiro atoms. The maximum absolute atomic E-state index is 3.55. The van der Waals surface area contributed by atoms with E-state index in [-0.39, 0.29) is 0 Å². The number of rotatable bonds is 4. The minimum absolute atomic E-state index is 0.782. The third-order valence-corrected chi connectivity index (χ3v) is 4.38. The van der Waals surface area contributed by atoms with Gasteiger partial charge in [0.1, 0.15) is 0 Å². The van der Waals surface area contributed by atoms with E-state index in [0.717, 1.165) is 31.5 Å². The van der Waals surface area contributed by atoms with E-state index in [9.17, 15) is 0 Å². The minimum Gasteiger partial charge on any atom is -0.314 e. The van der Waals surface area contributed by atoms with Gasteiger partial charge in [-0.1, -0.05) is 31.2 Å². The summed E-state index contributed by atoms with van der Waals surface area (Å²) in [6.45, 7) is 6.89. The van der Waals surface area contributed by atoms with Crippen LogP contribution in [0.3, 0.4) is 0 Å². The molecule has 0 amide bonds. The summed E-state index contributed by atoms with van der Waals surface area (Å²) in [5.74, 6) is 0.965.